The van der Waals surface area contributed by atoms with Crippen molar-refractivity contribution in [3.63, 3.8) is 0 Å². The highest BCUT2D eigenvalue weighted by Crippen LogP contribution is 2.23. The van der Waals surface area contributed by atoms with Gasteiger partial charge in [0.2, 0.25) is 5.91 Å². The number of rotatable bonds is 5. The summed E-state index contributed by atoms with van der Waals surface area (Å²) in [6, 6.07) is 4.98. The van der Waals surface area contributed by atoms with Gasteiger partial charge >= 0.3 is 0 Å². The average molecular weight is 443 g/mol. The van der Waals surface area contributed by atoms with E-state index in [-0.39, 0.29) is 5.91 Å². The molecule has 1 unspecified atom stereocenters. The average Bonchev–Trinajstić information content (AvgIpc) is 3.19. The molecule has 0 radical (unpaired) electrons. The third kappa shape index (κ3) is 4.42. The third-order valence-electron chi connectivity index (χ3n) is 3.58. The first-order valence-corrected chi connectivity index (χ1v) is 8.94. The first-order chi connectivity index (χ1) is 11.9. The Labute approximate surface area is 162 Å². The van der Waals surface area contributed by atoms with Gasteiger partial charge in [-0.3, -0.25) is 14.2 Å². The predicted molar refractivity (Wildman–Crippen MR) is 101 cm³/mol. The Balaban J connectivity index is 1.64. The summed E-state index contributed by atoms with van der Waals surface area (Å²) < 4.78 is 4.12. The molecule has 0 aliphatic heterocycles. The smallest absolute Gasteiger partial charge is 0.249 e. The zero-order valence-corrected chi connectivity index (χ0v) is 16.3. The number of benzene rings is 1. The Bertz CT molecular complexity index is 908. The van der Waals surface area contributed by atoms with Crippen LogP contribution in [0.4, 0.5) is 5.69 Å². The maximum absolute atomic E-state index is 12.3. The van der Waals surface area contributed by atoms with Crippen LogP contribution in [0.2, 0.25) is 10.0 Å². The van der Waals surface area contributed by atoms with E-state index in [1.807, 2.05) is 6.07 Å². The van der Waals surface area contributed by atoms with Crippen molar-refractivity contribution in [2.45, 2.75) is 19.5 Å². The first-order valence-electron chi connectivity index (χ1n) is 7.39. The van der Waals surface area contributed by atoms with Crippen LogP contribution in [0.5, 0.6) is 0 Å². The minimum atomic E-state index is -0.440. The molecular weight excluding hydrogens is 429 g/mol. The predicted octanol–water partition coefficient (Wildman–Crippen LogP) is 4.40. The van der Waals surface area contributed by atoms with Gasteiger partial charge in [0, 0.05) is 12.4 Å². The Morgan fingerprint density at radius 3 is 2.72 bits per heavy atom. The number of halogens is 3. The molecule has 0 saturated heterocycles. The second-order valence-corrected chi connectivity index (χ2v) is 7.21. The van der Waals surface area contributed by atoms with Crippen LogP contribution in [0.15, 0.2) is 47.5 Å². The lowest BCUT2D eigenvalue weighted by molar-refractivity contribution is -0.119. The van der Waals surface area contributed by atoms with Crippen molar-refractivity contribution in [1.29, 1.82) is 0 Å². The van der Waals surface area contributed by atoms with Crippen LogP contribution >= 0.6 is 39.1 Å². The Hall–Kier alpha value is -1.83. The highest BCUT2D eigenvalue weighted by atomic mass is 79.9. The molecule has 0 aliphatic carbocycles. The quantitative estimate of drug-likeness (QED) is 0.636. The molecule has 0 spiro atoms. The fourth-order valence-corrected chi connectivity index (χ4v) is 2.86. The maximum atomic E-state index is 12.3. The summed E-state index contributed by atoms with van der Waals surface area (Å²) in [5.74, 6) is -0.176. The molecule has 0 fully saturated rings. The molecule has 2 heterocycles. The van der Waals surface area contributed by atoms with Gasteiger partial charge in [-0.05, 0) is 40.5 Å². The fourth-order valence-electron chi connectivity index (χ4n) is 2.23. The molecule has 25 heavy (non-hydrogen) atoms. The highest BCUT2D eigenvalue weighted by Gasteiger charge is 2.16. The van der Waals surface area contributed by atoms with Crippen molar-refractivity contribution in [2.75, 3.05) is 5.32 Å². The van der Waals surface area contributed by atoms with Gasteiger partial charge < -0.3 is 5.32 Å². The largest absolute Gasteiger partial charge is 0.322 e. The van der Waals surface area contributed by atoms with Crippen LogP contribution in [0.1, 0.15) is 18.5 Å². The Morgan fingerprint density at radius 2 is 2.04 bits per heavy atom. The lowest BCUT2D eigenvalue weighted by Gasteiger charge is -2.11. The summed E-state index contributed by atoms with van der Waals surface area (Å²) in [5, 5.41) is 12.2. The van der Waals surface area contributed by atoms with Crippen molar-refractivity contribution in [2.24, 2.45) is 0 Å². The molecule has 3 rings (SSSR count). The van der Waals surface area contributed by atoms with E-state index in [2.05, 4.69) is 31.4 Å². The van der Waals surface area contributed by atoms with Crippen molar-refractivity contribution in [1.82, 2.24) is 19.6 Å². The van der Waals surface area contributed by atoms with E-state index in [4.69, 9.17) is 23.2 Å². The van der Waals surface area contributed by atoms with Crippen LogP contribution in [0, 0.1) is 0 Å². The van der Waals surface area contributed by atoms with Crippen LogP contribution in [0.3, 0.4) is 0 Å². The zero-order valence-electron chi connectivity index (χ0n) is 13.2. The lowest BCUT2D eigenvalue weighted by atomic mass is 10.2. The zero-order chi connectivity index (χ0) is 18.0. The summed E-state index contributed by atoms with van der Waals surface area (Å²) in [4.78, 5) is 12.3. The molecule has 0 bridgehead atoms. The maximum Gasteiger partial charge on any atom is 0.249 e. The molecular formula is C16H14BrCl2N5O. The Morgan fingerprint density at radius 1 is 1.24 bits per heavy atom. The molecule has 2 aromatic heterocycles. The number of hydrogen-bond donors (Lipinski definition) is 1. The standard InChI is InChI=1S/C16H14BrCl2N5O/c1-10(24-8-12(17)5-21-24)16(25)22-13-6-20-23(9-13)7-11-2-3-14(18)15(19)4-11/h2-6,8-10H,7H2,1H3,(H,22,25). The second-order valence-electron chi connectivity index (χ2n) is 5.48. The van der Waals surface area contributed by atoms with Crippen LogP contribution < -0.4 is 5.32 Å². The summed E-state index contributed by atoms with van der Waals surface area (Å²) in [6.07, 6.45) is 6.74. The van der Waals surface area contributed by atoms with Gasteiger partial charge in [-0.2, -0.15) is 10.2 Å². The second kappa shape index (κ2) is 7.59. The lowest BCUT2D eigenvalue weighted by Crippen LogP contribution is -2.23. The molecule has 6 nitrogen and oxygen atoms in total. The molecule has 0 saturated carbocycles. The topological polar surface area (TPSA) is 64.7 Å². The summed E-state index contributed by atoms with van der Waals surface area (Å²) in [6.45, 7) is 2.29. The summed E-state index contributed by atoms with van der Waals surface area (Å²) in [7, 11) is 0. The van der Waals surface area contributed by atoms with Crippen molar-refractivity contribution < 1.29 is 4.79 Å². The number of carbonyl (C=O) groups is 1. The van der Waals surface area contributed by atoms with Crippen LogP contribution in [-0.2, 0) is 11.3 Å². The van der Waals surface area contributed by atoms with Gasteiger partial charge in [-0.25, -0.2) is 0 Å². The summed E-state index contributed by atoms with van der Waals surface area (Å²) in [5.41, 5.74) is 1.58. The van der Waals surface area contributed by atoms with E-state index >= 15 is 0 Å². The number of amides is 1. The van der Waals surface area contributed by atoms with E-state index in [0.29, 0.717) is 22.3 Å². The van der Waals surface area contributed by atoms with E-state index in [9.17, 15) is 4.79 Å². The normalized spacial score (nSPS) is 12.2. The van der Waals surface area contributed by atoms with E-state index in [1.54, 1.807) is 53.2 Å². The number of carbonyl (C=O) groups excluding carboxylic acids is 1. The van der Waals surface area contributed by atoms with E-state index < -0.39 is 6.04 Å². The van der Waals surface area contributed by atoms with Crippen LogP contribution in [0.25, 0.3) is 0 Å². The molecule has 1 atom stereocenters. The van der Waals surface area contributed by atoms with Gasteiger partial charge in [-0.15, -0.1) is 0 Å². The molecule has 130 valence electrons. The number of anilines is 1. The molecule has 1 aromatic carbocycles. The van der Waals surface area contributed by atoms with Gasteiger partial charge in [-0.1, -0.05) is 29.3 Å². The van der Waals surface area contributed by atoms with Gasteiger partial charge in [0.25, 0.3) is 0 Å². The van der Waals surface area contributed by atoms with E-state index in [1.165, 1.54) is 0 Å². The molecule has 1 amide bonds. The SMILES string of the molecule is CC(C(=O)Nc1cnn(Cc2ccc(Cl)c(Cl)c2)c1)n1cc(Br)cn1. The van der Waals surface area contributed by atoms with Crippen molar-refractivity contribution in [3.8, 4) is 0 Å². The minimum Gasteiger partial charge on any atom is -0.322 e. The summed E-state index contributed by atoms with van der Waals surface area (Å²) >= 11 is 15.2. The monoisotopic (exact) mass is 441 g/mol. The first kappa shape index (κ1) is 18.0. The van der Waals surface area contributed by atoms with Gasteiger partial charge in [0.15, 0.2) is 0 Å². The van der Waals surface area contributed by atoms with Gasteiger partial charge in [0.1, 0.15) is 6.04 Å². The third-order valence-corrected chi connectivity index (χ3v) is 4.72. The minimum absolute atomic E-state index is 0.176. The molecule has 3 aromatic rings. The molecule has 9 heteroatoms. The highest BCUT2D eigenvalue weighted by molar-refractivity contribution is 9.10. The number of nitrogens with one attached hydrogen (secondary N) is 1. The molecule has 0 aliphatic rings. The Kier molecular flexibility index (Phi) is 5.46. The fraction of sp³-hybridized carbons (Fsp3) is 0.188. The number of nitrogens with zero attached hydrogens (tertiary/aromatic N) is 4. The van der Waals surface area contributed by atoms with Crippen molar-refractivity contribution in [3.05, 3.63) is 63.1 Å². The van der Waals surface area contributed by atoms with Gasteiger partial charge in [0.05, 0.1) is 39.1 Å². The number of hydrogen-bond acceptors (Lipinski definition) is 3. The molecule has 1 N–H and O–H groups in total. The van der Waals surface area contributed by atoms with Crippen LogP contribution in [-0.4, -0.2) is 25.5 Å². The number of aromatic nitrogens is 4. The van der Waals surface area contributed by atoms with Crippen molar-refractivity contribution >= 4 is 50.7 Å². The van der Waals surface area contributed by atoms with E-state index in [0.717, 1.165) is 10.0 Å².